The number of fused-ring (bicyclic) bond motifs is 4. The highest BCUT2D eigenvalue weighted by Crippen LogP contribution is 2.47. The van der Waals surface area contributed by atoms with Gasteiger partial charge in [-0.25, -0.2) is 0 Å². The van der Waals surface area contributed by atoms with Crippen LogP contribution < -0.4 is 0 Å². The quantitative estimate of drug-likeness (QED) is 0.173. The number of benzene rings is 9. The zero-order chi connectivity index (χ0) is 56.6. The summed E-state index contributed by atoms with van der Waals surface area (Å²) in [7, 11) is 0. The molecule has 0 aliphatic heterocycles. The second-order valence-corrected chi connectivity index (χ2v) is 9.75. The summed E-state index contributed by atoms with van der Waals surface area (Å²) >= 11 is 0. The van der Waals surface area contributed by atoms with E-state index < -0.39 is 269 Å². The molecule has 0 amide bonds. The van der Waals surface area contributed by atoms with Gasteiger partial charge in [0.15, 0.2) is 0 Å². The average Bonchev–Trinajstić information content (AvgIpc) is 3.38. The molecule has 0 saturated carbocycles. The summed E-state index contributed by atoms with van der Waals surface area (Å²) in [6, 6.07) is -30.9. The van der Waals surface area contributed by atoms with E-state index in [1.165, 1.54) is 0 Å². The molecule has 0 atom stereocenters. The highest BCUT2D eigenvalue weighted by atomic mass is 14.2. The van der Waals surface area contributed by atoms with E-state index in [1.807, 2.05) is 0 Å². The molecule has 0 heterocycles. The lowest BCUT2D eigenvalue weighted by molar-refractivity contribution is 1.60. The molecular formula is C46H30. The van der Waals surface area contributed by atoms with Gasteiger partial charge < -0.3 is 0 Å². The minimum absolute atomic E-state index is 0.667. The van der Waals surface area contributed by atoms with Crippen LogP contribution in [0.2, 0.25) is 0 Å². The summed E-state index contributed by atoms with van der Waals surface area (Å²) in [6.07, 6.45) is 0. The summed E-state index contributed by atoms with van der Waals surface area (Å²) < 4.78 is 271. The van der Waals surface area contributed by atoms with Crippen molar-refractivity contribution in [2.45, 2.75) is 0 Å². The summed E-state index contributed by atoms with van der Waals surface area (Å²) in [4.78, 5) is 0. The number of rotatable bonds is 4. The lowest BCUT2D eigenvalue weighted by Crippen LogP contribution is -1.93. The molecule has 0 aliphatic rings. The first-order chi connectivity index (χ1) is 35.3. The molecule has 0 nitrogen and oxygen atoms in total. The Bertz CT molecular complexity index is 4240. The third-order valence-corrected chi connectivity index (χ3v) is 7.25. The lowest BCUT2D eigenvalue weighted by atomic mass is 9.82. The van der Waals surface area contributed by atoms with Gasteiger partial charge >= 0.3 is 0 Å². The average molecular weight is 613 g/mol. The number of hydrogen-bond acceptors (Lipinski definition) is 0. The monoisotopic (exact) mass is 612 g/mol. The molecule has 46 heavy (non-hydrogen) atoms. The van der Waals surface area contributed by atoms with Gasteiger partial charge in [0, 0.05) is 0 Å². The van der Waals surface area contributed by atoms with Gasteiger partial charge in [-0.2, -0.15) is 0 Å². The molecule has 214 valence electrons. The van der Waals surface area contributed by atoms with Crippen molar-refractivity contribution < 1.29 is 41.1 Å². The molecule has 0 fully saturated rings. The Morgan fingerprint density at radius 1 is 0.261 bits per heavy atom. The van der Waals surface area contributed by atoms with Crippen molar-refractivity contribution in [3.05, 3.63) is 181 Å². The maximum atomic E-state index is 10.3. The molecule has 9 rings (SSSR count). The maximum absolute atomic E-state index is 10.3. The third kappa shape index (κ3) is 4.30. The van der Waals surface area contributed by atoms with Crippen molar-refractivity contribution in [3.8, 4) is 44.5 Å². The molecule has 0 N–H and O–H groups in total. The van der Waals surface area contributed by atoms with Gasteiger partial charge in [0.2, 0.25) is 0 Å². The zero-order valence-electron chi connectivity index (χ0n) is 53.0. The summed E-state index contributed by atoms with van der Waals surface area (Å²) in [6.45, 7) is 0. The van der Waals surface area contributed by atoms with Crippen molar-refractivity contribution in [2.75, 3.05) is 0 Å². The fourth-order valence-corrected chi connectivity index (χ4v) is 5.31. The molecular weight excluding hydrogens is 553 g/mol. The van der Waals surface area contributed by atoms with Crippen LogP contribution in [0, 0.1) is 0 Å². The predicted molar refractivity (Wildman–Crippen MR) is 198 cm³/mol. The van der Waals surface area contributed by atoms with Gasteiger partial charge in [0.05, 0.1) is 41.1 Å². The molecule has 0 aromatic heterocycles. The van der Waals surface area contributed by atoms with Crippen LogP contribution in [0.25, 0.3) is 87.6 Å². The fourth-order valence-electron chi connectivity index (χ4n) is 5.31. The minimum Gasteiger partial charge on any atom is -0.0622 e. The Morgan fingerprint density at radius 3 is 1.65 bits per heavy atom. The Labute approximate surface area is 311 Å². The topological polar surface area (TPSA) is 0 Å². The van der Waals surface area contributed by atoms with E-state index in [4.69, 9.17) is 26.0 Å². The molecule has 0 spiro atoms. The van der Waals surface area contributed by atoms with E-state index in [1.54, 1.807) is 0 Å². The Morgan fingerprint density at radius 2 is 0.826 bits per heavy atom. The van der Waals surface area contributed by atoms with Gasteiger partial charge in [0.1, 0.15) is 0 Å². The first-order valence-electron chi connectivity index (χ1n) is 28.5. The van der Waals surface area contributed by atoms with E-state index >= 15 is 0 Å². The van der Waals surface area contributed by atoms with Gasteiger partial charge in [-0.1, -0.05) is 169 Å². The second kappa shape index (κ2) is 10.9. The molecule has 0 bridgehead atoms. The van der Waals surface area contributed by atoms with Crippen LogP contribution in [-0.4, -0.2) is 0 Å². The first-order valence-corrected chi connectivity index (χ1v) is 13.5. The van der Waals surface area contributed by atoms with Gasteiger partial charge in [-0.15, -0.1) is 0 Å². The summed E-state index contributed by atoms with van der Waals surface area (Å²) in [5.74, 6) is 0. The van der Waals surface area contributed by atoms with Gasteiger partial charge in [0.25, 0.3) is 0 Å². The Hall–Kier alpha value is -5.98. The van der Waals surface area contributed by atoms with E-state index in [2.05, 4.69) is 0 Å². The smallest absolute Gasteiger partial charge is 0.0622 e. The maximum Gasteiger partial charge on any atom is 0.0636 e. The van der Waals surface area contributed by atoms with Crippen LogP contribution in [-0.2, 0) is 0 Å². The molecule has 0 aliphatic carbocycles. The van der Waals surface area contributed by atoms with Crippen LogP contribution in [0.3, 0.4) is 0 Å². The molecule has 9 aromatic carbocycles. The molecule has 0 unspecified atom stereocenters. The summed E-state index contributed by atoms with van der Waals surface area (Å²) in [5, 5.41) is -6.42. The molecule has 0 saturated heterocycles. The highest BCUT2D eigenvalue weighted by Gasteiger charge is 2.20. The van der Waals surface area contributed by atoms with Crippen molar-refractivity contribution in [1.82, 2.24) is 0 Å². The van der Waals surface area contributed by atoms with E-state index in [0.717, 1.165) is 0 Å². The highest BCUT2D eigenvalue weighted by molar-refractivity contribution is 6.23. The fraction of sp³-hybridized carbons (Fsp3) is 0. The lowest BCUT2D eigenvalue weighted by Gasteiger charge is -2.21. The molecule has 9 aromatic rings. The third-order valence-electron chi connectivity index (χ3n) is 7.25. The van der Waals surface area contributed by atoms with Crippen LogP contribution >= 0.6 is 0 Å². The van der Waals surface area contributed by atoms with E-state index in [-0.39, 0.29) is 0 Å². The predicted octanol–water partition coefficient (Wildman–Crippen LogP) is 13.0. The van der Waals surface area contributed by atoms with Crippen LogP contribution in [0.4, 0.5) is 0 Å². The van der Waals surface area contributed by atoms with Gasteiger partial charge in [-0.3, -0.25) is 0 Å². The Balaban J connectivity index is 1.74. The van der Waals surface area contributed by atoms with Crippen molar-refractivity contribution >= 4 is 43.1 Å². The van der Waals surface area contributed by atoms with Crippen molar-refractivity contribution in [1.29, 1.82) is 0 Å². The SMILES string of the molecule is [2H]c1c([2H])c([2H])c(-c2c([2H])c([2H])c([2H])c([2H])c2-c2c3c([2H])c([2H])c([2H])c([2H])c3c(-c3c([2H])c([2H])c4c([2H])c([2H])c([2H])c([2H])c4c3[2H])c3c([2H])c(-c4c([2H])c([2H])c([2H])c5c([2H])c([2H])c([2H])c([2H])c45)c([2H])c([2H])c23)c([2H])c1[2H]. The second-order valence-electron chi connectivity index (χ2n) is 9.75. The standard InChI is InChI=1S/C46H30/c1-2-14-32(15-3-1)38-20-8-9-21-40(38)46-42-23-11-10-22-41(42)45(36-26-25-31-13-4-5-17-34(31)29-36)44-30-35(27-28-43(44)46)39-24-12-18-33-16-6-7-19-37(33)39/h1-30H/i1D,2D,3D,4D,5D,6D,7D,8D,9D,10D,11D,12D,13D,14D,15D,16D,17D,18D,19D,20D,21D,22D,23D,24D,25D,26D,27D,28D,29D,30D. The zero-order valence-corrected chi connectivity index (χ0v) is 23.0. The van der Waals surface area contributed by atoms with Crippen LogP contribution in [0.1, 0.15) is 41.1 Å². The Kier molecular flexibility index (Phi) is 2.37. The largest absolute Gasteiger partial charge is 0.0636 e. The first kappa shape index (κ1) is 10.0. The van der Waals surface area contributed by atoms with E-state index in [9.17, 15) is 15.1 Å². The van der Waals surface area contributed by atoms with Crippen molar-refractivity contribution in [3.63, 3.8) is 0 Å². The summed E-state index contributed by atoms with van der Waals surface area (Å²) in [5.41, 5.74) is -7.28. The number of hydrogen-bond donors (Lipinski definition) is 0. The van der Waals surface area contributed by atoms with Gasteiger partial charge in [-0.05, 0) is 99.7 Å². The minimum atomic E-state index is -1.20. The van der Waals surface area contributed by atoms with Crippen LogP contribution in [0.5, 0.6) is 0 Å². The van der Waals surface area contributed by atoms with Crippen LogP contribution in [0.15, 0.2) is 181 Å². The van der Waals surface area contributed by atoms with E-state index in [0.29, 0.717) is 0 Å². The molecule has 0 radical (unpaired) electrons. The van der Waals surface area contributed by atoms with Crippen molar-refractivity contribution in [2.24, 2.45) is 0 Å². The normalized spacial score (nSPS) is 20.6. The molecule has 0 heteroatoms.